The molecule has 102 heavy (non-hydrogen) atoms. The third-order valence-corrected chi connectivity index (χ3v) is 22.7. The quantitative estimate of drug-likeness (QED) is 0.177. The van der Waals surface area contributed by atoms with Gasteiger partial charge in [0.25, 0.3) is 0 Å². The number of para-hydroxylation sites is 3. The summed E-state index contributed by atoms with van der Waals surface area (Å²) in [6.07, 6.45) is 0. The van der Waals surface area contributed by atoms with Crippen molar-refractivity contribution in [2.75, 3.05) is 0 Å². The molecule has 15 aromatic carbocycles. The highest BCUT2D eigenvalue weighted by atomic mass is 32.1. The minimum Gasteiger partial charge on any atom is -0.456 e. The van der Waals surface area contributed by atoms with Gasteiger partial charge in [-0.05, 0) is 182 Å². The minimum atomic E-state index is 0.946. The number of furan rings is 3. The minimum absolute atomic E-state index is 0.946. The van der Waals surface area contributed by atoms with Gasteiger partial charge in [0.1, 0.15) is 33.5 Å². The van der Waals surface area contributed by atoms with E-state index in [9.17, 15) is 0 Å². The fraction of sp³-hybridized carbons (Fsp3) is 0.0625. The summed E-state index contributed by atoms with van der Waals surface area (Å²) < 4.78 is 26.0. The van der Waals surface area contributed by atoms with Gasteiger partial charge in [0.2, 0.25) is 0 Å². The van der Waals surface area contributed by atoms with Gasteiger partial charge >= 0.3 is 0 Å². The highest BCUT2D eigenvalue weighted by molar-refractivity contribution is 7.26. The molecule has 0 aliphatic carbocycles. The SMILES string of the molecule is Cc1ccc(-c2ccc3oc4ccccc4c3c2)cc1.Cc1ccc2c(c1)sc1ccccc12.Cc1cccc(-c2ccc3oc4ccccc4c3c2)c1.Cc1cccc2c1sc1ccccc12.Cc1cccc2sc3ccccc3c12.Cc1ccccc1-c1ccc2oc3ccccc3c2c1. The van der Waals surface area contributed by atoms with Gasteiger partial charge in [-0.3, -0.25) is 0 Å². The van der Waals surface area contributed by atoms with E-state index in [2.05, 4.69) is 333 Å². The van der Waals surface area contributed by atoms with Crippen LogP contribution in [0.15, 0.2) is 341 Å². The second-order valence-corrected chi connectivity index (χ2v) is 29.4. The summed E-state index contributed by atoms with van der Waals surface area (Å²) >= 11 is 5.64. The van der Waals surface area contributed by atoms with E-state index in [1.165, 1.54) is 160 Å². The van der Waals surface area contributed by atoms with E-state index in [0.717, 1.165) is 33.5 Å². The molecule has 0 aliphatic rings. The van der Waals surface area contributed by atoms with Crippen molar-refractivity contribution in [3.8, 4) is 33.4 Å². The Balaban J connectivity index is 0.0000000955. The normalized spacial score (nSPS) is 11.2. The van der Waals surface area contributed by atoms with Gasteiger partial charge in [-0.2, -0.15) is 0 Å². The van der Waals surface area contributed by atoms with E-state index in [1.54, 1.807) is 0 Å². The molecule has 3 nitrogen and oxygen atoms in total. The van der Waals surface area contributed by atoms with Gasteiger partial charge in [-0.15, -0.1) is 34.0 Å². The molecule has 492 valence electrons. The van der Waals surface area contributed by atoms with Crippen LogP contribution >= 0.6 is 34.0 Å². The molecular weight excluding hydrogens is 1300 g/mol. The molecule has 0 atom stereocenters. The third kappa shape index (κ3) is 13.3. The van der Waals surface area contributed by atoms with Crippen LogP contribution in [-0.4, -0.2) is 0 Å². The predicted octanol–water partition coefficient (Wildman–Crippen LogP) is 29.8. The van der Waals surface area contributed by atoms with Crippen molar-refractivity contribution in [1.29, 1.82) is 0 Å². The first-order valence-corrected chi connectivity index (χ1v) is 37.0. The lowest BCUT2D eigenvalue weighted by Crippen LogP contribution is -1.81. The zero-order valence-corrected chi connectivity index (χ0v) is 60.1. The van der Waals surface area contributed by atoms with Gasteiger partial charge in [0.05, 0.1) is 0 Å². The van der Waals surface area contributed by atoms with E-state index in [4.69, 9.17) is 13.3 Å². The summed E-state index contributed by atoms with van der Waals surface area (Å²) in [6, 6.07) is 115. The average molecular weight is 1370 g/mol. The van der Waals surface area contributed by atoms with Crippen LogP contribution in [-0.2, 0) is 0 Å². The monoisotopic (exact) mass is 1370 g/mol. The molecule has 0 amide bonds. The van der Waals surface area contributed by atoms with Crippen LogP contribution in [0.4, 0.5) is 0 Å². The summed E-state index contributed by atoms with van der Waals surface area (Å²) in [5.41, 5.74) is 21.1. The lowest BCUT2D eigenvalue weighted by atomic mass is 9.99. The highest BCUT2D eigenvalue weighted by Crippen LogP contribution is 2.40. The maximum atomic E-state index is 5.87. The van der Waals surface area contributed by atoms with Crippen molar-refractivity contribution in [2.24, 2.45) is 0 Å². The summed E-state index contributed by atoms with van der Waals surface area (Å²) in [7, 11) is 0. The Bertz CT molecular complexity index is 6600. The van der Waals surface area contributed by atoms with Crippen LogP contribution in [0.2, 0.25) is 0 Å². The molecule has 0 fully saturated rings. The summed E-state index contributed by atoms with van der Waals surface area (Å²) in [5.74, 6) is 0. The zero-order valence-electron chi connectivity index (χ0n) is 57.6. The first kappa shape index (κ1) is 65.0. The van der Waals surface area contributed by atoms with Gasteiger partial charge in [-0.1, -0.05) is 254 Å². The molecule has 21 aromatic rings. The molecule has 0 saturated heterocycles. The number of hydrogen-bond donors (Lipinski definition) is 0. The van der Waals surface area contributed by atoms with E-state index in [-0.39, 0.29) is 0 Å². The molecule has 6 heterocycles. The highest BCUT2D eigenvalue weighted by Gasteiger charge is 2.13. The molecule has 0 spiro atoms. The smallest absolute Gasteiger partial charge is 0.135 e. The summed E-state index contributed by atoms with van der Waals surface area (Å²) in [4.78, 5) is 0. The molecule has 0 unspecified atom stereocenters. The number of benzene rings is 15. The van der Waals surface area contributed by atoms with Crippen molar-refractivity contribution >= 4 is 160 Å². The van der Waals surface area contributed by atoms with E-state index in [0.29, 0.717) is 0 Å². The van der Waals surface area contributed by atoms with Crippen LogP contribution < -0.4 is 0 Å². The molecule has 0 bridgehead atoms. The number of hydrogen-bond acceptors (Lipinski definition) is 6. The number of rotatable bonds is 3. The van der Waals surface area contributed by atoms with E-state index in [1.807, 2.05) is 70.4 Å². The molecule has 0 radical (unpaired) electrons. The molecular formula is C96H72O3S3. The Morgan fingerprint density at radius 2 is 0.578 bits per heavy atom. The van der Waals surface area contributed by atoms with Crippen molar-refractivity contribution in [1.82, 2.24) is 0 Å². The first-order chi connectivity index (χ1) is 50.0. The Labute approximate surface area is 605 Å². The lowest BCUT2D eigenvalue weighted by Gasteiger charge is -2.05. The second kappa shape index (κ2) is 28.5. The zero-order chi connectivity index (χ0) is 69.2. The van der Waals surface area contributed by atoms with Crippen molar-refractivity contribution in [3.05, 3.63) is 361 Å². The van der Waals surface area contributed by atoms with E-state index >= 15 is 0 Å². The fourth-order valence-electron chi connectivity index (χ4n) is 13.8. The van der Waals surface area contributed by atoms with Gasteiger partial charge in [0.15, 0.2) is 0 Å². The number of fused-ring (bicyclic) bond motifs is 18. The Kier molecular flexibility index (Phi) is 18.2. The molecule has 6 aromatic heterocycles. The standard InChI is InChI=1S/3C19H14O.3C13H10S/c1-13-5-4-6-14(11-13)15-9-10-19-17(12-15)16-7-2-3-8-18(16)20-19;1-13-6-2-3-7-15(13)14-10-11-19-17(12-14)16-8-4-5-9-18(16)20-19;1-13-6-8-14(9-7-13)15-10-11-19-17(12-15)16-4-2-3-5-18(16)20-19;1-9-5-4-7-11-10-6-2-3-8-12(10)14-13(9)11;1-9-5-4-8-12-13(9)10-6-2-3-7-11(10)14-12;1-9-6-7-11-10-4-2-3-5-12(10)14-13(11)8-9/h3*2-12H,1H3;3*2-8H,1H3. The van der Waals surface area contributed by atoms with Crippen LogP contribution in [0.5, 0.6) is 0 Å². The number of thiophene rings is 3. The first-order valence-electron chi connectivity index (χ1n) is 34.6. The lowest BCUT2D eigenvalue weighted by molar-refractivity contribution is 0.668. The molecule has 0 saturated carbocycles. The van der Waals surface area contributed by atoms with Crippen molar-refractivity contribution in [3.63, 3.8) is 0 Å². The Hall–Kier alpha value is -11.6. The van der Waals surface area contributed by atoms with Gasteiger partial charge in [-0.25, -0.2) is 0 Å². The topological polar surface area (TPSA) is 39.4 Å². The Morgan fingerprint density at radius 3 is 1.19 bits per heavy atom. The van der Waals surface area contributed by atoms with Gasteiger partial charge in [0, 0.05) is 92.8 Å². The third-order valence-electron chi connectivity index (χ3n) is 19.1. The Morgan fingerprint density at radius 1 is 0.196 bits per heavy atom. The van der Waals surface area contributed by atoms with Crippen molar-refractivity contribution < 1.29 is 13.3 Å². The van der Waals surface area contributed by atoms with E-state index < -0.39 is 0 Å². The molecule has 6 heteroatoms. The van der Waals surface area contributed by atoms with Crippen molar-refractivity contribution in [2.45, 2.75) is 41.5 Å². The maximum Gasteiger partial charge on any atom is 0.135 e. The fourth-order valence-corrected chi connectivity index (χ4v) is 17.4. The summed E-state index contributed by atoms with van der Waals surface area (Å²) in [6.45, 7) is 12.9. The molecule has 0 aliphatic heterocycles. The molecule has 0 N–H and O–H groups in total. The number of aryl methyl sites for hydroxylation is 6. The maximum absolute atomic E-state index is 5.87. The predicted molar refractivity (Wildman–Crippen MR) is 444 cm³/mol. The largest absolute Gasteiger partial charge is 0.456 e. The van der Waals surface area contributed by atoms with Crippen LogP contribution in [0.1, 0.15) is 33.4 Å². The average Bonchev–Trinajstić information content (AvgIpc) is 1.61. The summed E-state index contributed by atoms with van der Waals surface area (Å²) in [5, 5.41) is 15.4. The second-order valence-electron chi connectivity index (χ2n) is 26.2. The van der Waals surface area contributed by atoms with Crippen LogP contribution in [0.25, 0.3) is 160 Å². The van der Waals surface area contributed by atoms with Crippen LogP contribution in [0, 0.1) is 41.5 Å². The molecule has 21 rings (SSSR count). The van der Waals surface area contributed by atoms with Gasteiger partial charge < -0.3 is 13.3 Å². The van der Waals surface area contributed by atoms with Crippen LogP contribution in [0.3, 0.4) is 0 Å².